The van der Waals surface area contributed by atoms with Gasteiger partial charge in [0, 0.05) is 0 Å². The molecule has 0 saturated carbocycles. The van der Waals surface area contributed by atoms with Crippen molar-refractivity contribution in [1.29, 1.82) is 0 Å². The van der Waals surface area contributed by atoms with Crippen LogP contribution >= 0.6 is 0 Å². The van der Waals surface area contributed by atoms with Gasteiger partial charge >= 0.3 is 0 Å². The summed E-state index contributed by atoms with van der Waals surface area (Å²) >= 11 is 0. The molecule has 0 aromatic rings. The van der Waals surface area contributed by atoms with Gasteiger partial charge in [0.05, 0.1) is 0 Å². The van der Waals surface area contributed by atoms with E-state index in [1.165, 1.54) is 32.1 Å². The van der Waals surface area contributed by atoms with Crippen molar-refractivity contribution in [1.82, 2.24) is 0 Å². The Labute approximate surface area is 84.4 Å². The molecule has 0 aliphatic heterocycles. The van der Waals surface area contributed by atoms with Gasteiger partial charge in [-0.2, -0.15) is 0 Å². The quantitative estimate of drug-likeness (QED) is 0.392. The second-order valence-corrected chi connectivity index (χ2v) is 4.78. The molecule has 0 N–H and O–H groups in total. The standard InChI is InChI=1S/C13H26/c1-6-8-9-10-11-12(3)13(4,5)7-2/h7,12H,2,6,8-11H2,1,3-5H3. The van der Waals surface area contributed by atoms with Gasteiger partial charge in [-0.15, -0.1) is 6.58 Å². The number of rotatable bonds is 7. The second-order valence-electron chi connectivity index (χ2n) is 4.78. The Morgan fingerprint density at radius 3 is 2.31 bits per heavy atom. The third kappa shape index (κ3) is 5.13. The van der Waals surface area contributed by atoms with Crippen molar-refractivity contribution in [3.8, 4) is 0 Å². The van der Waals surface area contributed by atoms with Crippen LogP contribution in [0.25, 0.3) is 0 Å². The van der Waals surface area contributed by atoms with E-state index < -0.39 is 0 Å². The molecule has 0 aromatic heterocycles. The van der Waals surface area contributed by atoms with Crippen molar-refractivity contribution in [3.63, 3.8) is 0 Å². The SMILES string of the molecule is C=CC(C)(C)C(C)CCCCCC. The fourth-order valence-corrected chi connectivity index (χ4v) is 1.45. The molecule has 0 aliphatic carbocycles. The summed E-state index contributed by atoms with van der Waals surface area (Å²) in [5.41, 5.74) is 0.312. The number of unbranched alkanes of at least 4 members (excludes halogenated alkanes) is 3. The first-order valence-corrected chi connectivity index (χ1v) is 5.68. The van der Waals surface area contributed by atoms with E-state index in [4.69, 9.17) is 0 Å². The zero-order chi connectivity index (χ0) is 10.3. The van der Waals surface area contributed by atoms with Gasteiger partial charge in [0.25, 0.3) is 0 Å². The molecule has 78 valence electrons. The fraction of sp³-hybridized carbons (Fsp3) is 0.846. The van der Waals surface area contributed by atoms with Crippen molar-refractivity contribution in [3.05, 3.63) is 12.7 Å². The van der Waals surface area contributed by atoms with Gasteiger partial charge in [0.1, 0.15) is 0 Å². The predicted octanol–water partition coefficient (Wildman–Crippen LogP) is 4.81. The lowest BCUT2D eigenvalue weighted by molar-refractivity contribution is 0.282. The van der Waals surface area contributed by atoms with Crippen LogP contribution in [0.15, 0.2) is 12.7 Å². The van der Waals surface area contributed by atoms with Crippen LogP contribution in [0.1, 0.15) is 59.8 Å². The first-order valence-electron chi connectivity index (χ1n) is 5.68. The molecule has 0 saturated heterocycles. The minimum absolute atomic E-state index is 0.312. The number of allylic oxidation sites excluding steroid dienone is 1. The largest absolute Gasteiger partial charge is 0.103 e. The van der Waals surface area contributed by atoms with Gasteiger partial charge in [-0.25, -0.2) is 0 Å². The van der Waals surface area contributed by atoms with Crippen LogP contribution in [0, 0.1) is 11.3 Å². The fourth-order valence-electron chi connectivity index (χ4n) is 1.45. The van der Waals surface area contributed by atoms with Crippen LogP contribution in [-0.2, 0) is 0 Å². The molecular weight excluding hydrogens is 156 g/mol. The van der Waals surface area contributed by atoms with Gasteiger partial charge < -0.3 is 0 Å². The lowest BCUT2D eigenvalue weighted by atomic mass is 9.77. The van der Waals surface area contributed by atoms with Gasteiger partial charge in [-0.3, -0.25) is 0 Å². The van der Waals surface area contributed by atoms with E-state index in [-0.39, 0.29) is 0 Å². The van der Waals surface area contributed by atoms with Crippen LogP contribution in [0.5, 0.6) is 0 Å². The maximum atomic E-state index is 3.90. The third-order valence-corrected chi connectivity index (χ3v) is 3.29. The van der Waals surface area contributed by atoms with Crippen molar-refractivity contribution < 1.29 is 0 Å². The number of hydrogen-bond donors (Lipinski definition) is 0. The Morgan fingerprint density at radius 2 is 1.85 bits per heavy atom. The van der Waals surface area contributed by atoms with E-state index in [1.807, 2.05) is 0 Å². The second kappa shape index (κ2) is 6.23. The summed E-state index contributed by atoms with van der Waals surface area (Å²) in [6, 6.07) is 0. The average Bonchev–Trinajstić information content (AvgIpc) is 2.12. The molecule has 0 nitrogen and oxygen atoms in total. The predicted molar refractivity (Wildman–Crippen MR) is 61.9 cm³/mol. The Bertz CT molecular complexity index is 133. The molecule has 0 aromatic carbocycles. The van der Waals surface area contributed by atoms with E-state index >= 15 is 0 Å². The highest BCUT2D eigenvalue weighted by molar-refractivity contribution is 4.91. The summed E-state index contributed by atoms with van der Waals surface area (Å²) in [5.74, 6) is 0.766. The molecule has 0 radical (unpaired) electrons. The Morgan fingerprint density at radius 1 is 1.23 bits per heavy atom. The third-order valence-electron chi connectivity index (χ3n) is 3.29. The molecule has 0 fully saturated rings. The molecule has 0 bridgehead atoms. The zero-order valence-electron chi connectivity index (χ0n) is 9.90. The number of hydrogen-bond acceptors (Lipinski definition) is 0. The van der Waals surface area contributed by atoms with Gasteiger partial charge in [-0.05, 0) is 17.8 Å². The molecule has 0 heteroatoms. The Balaban J connectivity index is 3.61. The van der Waals surface area contributed by atoms with Crippen LogP contribution in [-0.4, -0.2) is 0 Å². The topological polar surface area (TPSA) is 0 Å². The summed E-state index contributed by atoms with van der Waals surface area (Å²) in [4.78, 5) is 0. The molecular formula is C13H26. The Kier molecular flexibility index (Phi) is 6.11. The van der Waals surface area contributed by atoms with Crippen molar-refractivity contribution in [2.24, 2.45) is 11.3 Å². The van der Waals surface area contributed by atoms with Gasteiger partial charge in [-0.1, -0.05) is 59.5 Å². The molecule has 0 spiro atoms. The van der Waals surface area contributed by atoms with Crippen LogP contribution < -0.4 is 0 Å². The van der Waals surface area contributed by atoms with E-state index in [0.29, 0.717) is 5.41 Å². The summed E-state index contributed by atoms with van der Waals surface area (Å²) in [6.07, 6.45) is 8.94. The Hall–Kier alpha value is -0.260. The summed E-state index contributed by atoms with van der Waals surface area (Å²) in [5, 5.41) is 0. The molecule has 0 aliphatic rings. The first-order chi connectivity index (χ1) is 6.04. The highest BCUT2D eigenvalue weighted by Crippen LogP contribution is 2.31. The normalized spacial score (nSPS) is 14.2. The molecule has 0 rings (SSSR count). The summed E-state index contributed by atoms with van der Waals surface area (Å²) in [6.45, 7) is 13.1. The van der Waals surface area contributed by atoms with Gasteiger partial charge in [0.2, 0.25) is 0 Å². The van der Waals surface area contributed by atoms with Crippen molar-refractivity contribution in [2.45, 2.75) is 59.8 Å². The molecule has 0 heterocycles. The van der Waals surface area contributed by atoms with Crippen LogP contribution in [0.3, 0.4) is 0 Å². The average molecular weight is 182 g/mol. The minimum Gasteiger partial charge on any atom is -0.103 e. The minimum atomic E-state index is 0.312. The zero-order valence-corrected chi connectivity index (χ0v) is 9.90. The van der Waals surface area contributed by atoms with Gasteiger partial charge in [0.15, 0.2) is 0 Å². The maximum absolute atomic E-state index is 3.90. The smallest absolute Gasteiger partial charge is 0.0152 e. The van der Waals surface area contributed by atoms with Crippen LogP contribution in [0.2, 0.25) is 0 Å². The van der Waals surface area contributed by atoms with Crippen molar-refractivity contribution >= 4 is 0 Å². The molecule has 1 atom stereocenters. The van der Waals surface area contributed by atoms with E-state index in [0.717, 1.165) is 5.92 Å². The van der Waals surface area contributed by atoms with Crippen molar-refractivity contribution in [2.75, 3.05) is 0 Å². The lowest BCUT2D eigenvalue weighted by Gasteiger charge is -2.28. The molecule has 13 heavy (non-hydrogen) atoms. The monoisotopic (exact) mass is 182 g/mol. The maximum Gasteiger partial charge on any atom is -0.0152 e. The highest BCUT2D eigenvalue weighted by Gasteiger charge is 2.20. The van der Waals surface area contributed by atoms with E-state index in [2.05, 4.69) is 40.3 Å². The lowest BCUT2D eigenvalue weighted by Crippen LogP contribution is -2.18. The van der Waals surface area contributed by atoms with E-state index in [1.54, 1.807) is 0 Å². The first kappa shape index (κ1) is 12.7. The van der Waals surface area contributed by atoms with E-state index in [9.17, 15) is 0 Å². The summed E-state index contributed by atoms with van der Waals surface area (Å²) < 4.78 is 0. The van der Waals surface area contributed by atoms with Crippen LogP contribution in [0.4, 0.5) is 0 Å². The molecule has 0 amide bonds. The highest BCUT2D eigenvalue weighted by atomic mass is 14.3. The summed E-state index contributed by atoms with van der Waals surface area (Å²) in [7, 11) is 0. The molecule has 1 unspecified atom stereocenters.